The van der Waals surface area contributed by atoms with E-state index in [2.05, 4.69) is 22.0 Å². The molecule has 1 aliphatic heterocycles. The summed E-state index contributed by atoms with van der Waals surface area (Å²) in [4.78, 5) is 56.7. The van der Waals surface area contributed by atoms with Gasteiger partial charge in [0.15, 0.2) is 0 Å². The van der Waals surface area contributed by atoms with E-state index in [9.17, 15) is 24.4 Å². The minimum Gasteiger partial charge on any atom is -0.337 e. The highest BCUT2D eigenvalue weighted by atomic mass is 32.2. The summed E-state index contributed by atoms with van der Waals surface area (Å²) in [5, 5.41) is 18.6. The Balaban J connectivity index is 1.12. The number of nitrogens with zero attached hydrogens (tertiary/aromatic N) is 2. The second kappa shape index (κ2) is 17.8. The van der Waals surface area contributed by atoms with Crippen molar-refractivity contribution >= 4 is 63.5 Å². The Morgan fingerprint density at radius 3 is 2.16 bits per heavy atom. The Labute approximate surface area is 339 Å². The van der Waals surface area contributed by atoms with Crippen LogP contribution in [0.3, 0.4) is 0 Å². The lowest BCUT2D eigenvalue weighted by molar-refractivity contribution is -0.129. The summed E-state index contributed by atoms with van der Waals surface area (Å²) in [5.41, 5.74) is 5.78. The maximum absolute atomic E-state index is 14.1. The Morgan fingerprint density at radius 1 is 0.807 bits per heavy atom. The Morgan fingerprint density at radius 2 is 1.47 bits per heavy atom. The SMILES string of the molecule is CC(=O)N1CCc2c(sc(NC(=O)C(Sc3cccc(NC(=O)/C(=C\c4ccc(-c5ccccc5)cc4)NC(=O)c4ccccc4)c3)c3ccccc3)c2C#N)C1. The topological polar surface area (TPSA) is 131 Å². The second-order valence-corrected chi connectivity index (χ2v) is 15.5. The van der Waals surface area contributed by atoms with Crippen LogP contribution in [0.5, 0.6) is 0 Å². The van der Waals surface area contributed by atoms with Gasteiger partial charge in [-0.3, -0.25) is 19.2 Å². The predicted molar refractivity (Wildman–Crippen MR) is 226 cm³/mol. The minimum atomic E-state index is -0.712. The van der Waals surface area contributed by atoms with E-state index in [1.807, 2.05) is 97.1 Å². The number of nitriles is 1. The van der Waals surface area contributed by atoms with Crippen LogP contribution in [-0.2, 0) is 27.3 Å². The Hall–Kier alpha value is -6.74. The van der Waals surface area contributed by atoms with Crippen molar-refractivity contribution in [3.05, 3.63) is 178 Å². The third-order valence-electron chi connectivity index (χ3n) is 9.39. The summed E-state index contributed by atoms with van der Waals surface area (Å²) < 4.78 is 0. The number of thiophene rings is 1. The van der Waals surface area contributed by atoms with E-state index in [-0.39, 0.29) is 17.5 Å². The number of carbonyl (C=O) groups is 4. The fourth-order valence-corrected chi connectivity index (χ4v) is 8.75. The standard InChI is InChI=1S/C46H37N5O4S2/c1-30(52)51-25-24-38-39(28-47)46(57-41(38)29-51)50-45(55)42(34-14-7-3-8-15-34)56-37-19-11-18-36(27-37)48-44(54)40(49-43(53)35-16-9-4-10-17-35)26-31-20-22-33(23-21-31)32-12-5-2-6-13-32/h2-23,26-27,42H,24-25,29H2,1H3,(H,48,54)(H,49,53)(H,50,55)/b40-26+. The molecule has 5 aromatic carbocycles. The largest absolute Gasteiger partial charge is 0.337 e. The molecule has 0 fully saturated rings. The van der Waals surface area contributed by atoms with Gasteiger partial charge in [0.1, 0.15) is 22.0 Å². The fraction of sp³-hybridized carbons (Fsp3) is 0.109. The number of rotatable bonds is 11. The van der Waals surface area contributed by atoms with Crippen molar-refractivity contribution in [3.8, 4) is 17.2 Å². The molecule has 0 saturated carbocycles. The maximum atomic E-state index is 14.1. The van der Waals surface area contributed by atoms with Crippen molar-refractivity contribution < 1.29 is 19.2 Å². The molecule has 2 heterocycles. The van der Waals surface area contributed by atoms with Gasteiger partial charge in [0.25, 0.3) is 11.8 Å². The molecular weight excluding hydrogens is 751 g/mol. The molecule has 1 aromatic heterocycles. The average molecular weight is 788 g/mol. The summed E-state index contributed by atoms with van der Waals surface area (Å²) in [5.74, 6) is -1.30. The van der Waals surface area contributed by atoms with Crippen molar-refractivity contribution in [2.45, 2.75) is 30.0 Å². The van der Waals surface area contributed by atoms with E-state index >= 15 is 0 Å². The molecule has 7 rings (SSSR count). The lowest BCUT2D eigenvalue weighted by Crippen LogP contribution is -2.33. The highest BCUT2D eigenvalue weighted by Crippen LogP contribution is 2.41. The number of hydrogen-bond acceptors (Lipinski definition) is 7. The van der Waals surface area contributed by atoms with Crippen molar-refractivity contribution in [1.82, 2.24) is 10.2 Å². The molecule has 0 saturated heterocycles. The first-order valence-corrected chi connectivity index (χ1v) is 19.9. The van der Waals surface area contributed by atoms with Gasteiger partial charge in [-0.1, -0.05) is 109 Å². The van der Waals surface area contributed by atoms with E-state index in [1.165, 1.54) is 30.0 Å². The van der Waals surface area contributed by atoms with Gasteiger partial charge in [-0.15, -0.1) is 23.1 Å². The molecule has 0 bridgehead atoms. The zero-order valence-corrected chi connectivity index (χ0v) is 32.5. The molecule has 9 nitrogen and oxygen atoms in total. The number of fused-ring (bicyclic) bond motifs is 1. The van der Waals surface area contributed by atoms with E-state index < -0.39 is 17.1 Å². The van der Waals surface area contributed by atoms with Gasteiger partial charge in [0, 0.05) is 34.5 Å². The van der Waals surface area contributed by atoms with E-state index in [1.54, 1.807) is 53.4 Å². The van der Waals surface area contributed by atoms with Crippen LogP contribution in [0.2, 0.25) is 0 Å². The molecular formula is C46H37N5O4S2. The molecule has 0 radical (unpaired) electrons. The number of amides is 4. The first kappa shape index (κ1) is 38.5. The number of hydrogen-bond donors (Lipinski definition) is 3. The number of carbonyl (C=O) groups excluding carboxylic acids is 4. The van der Waals surface area contributed by atoms with Crippen LogP contribution in [0.1, 0.15) is 49.7 Å². The van der Waals surface area contributed by atoms with Gasteiger partial charge < -0.3 is 20.9 Å². The molecule has 1 atom stereocenters. The number of nitrogens with one attached hydrogen (secondary N) is 3. The van der Waals surface area contributed by atoms with Crippen LogP contribution in [0.4, 0.5) is 10.7 Å². The van der Waals surface area contributed by atoms with Crippen molar-refractivity contribution in [2.75, 3.05) is 17.2 Å². The van der Waals surface area contributed by atoms with Gasteiger partial charge in [0.2, 0.25) is 11.8 Å². The van der Waals surface area contributed by atoms with Crippen molar-refractivity contribution in [3.63, 3.8) is 0 Å². The lowest BCUT2D eigenvalue weighted by Gasteiger charge is -2.25. The lowest BCUT2D eigenvalue weighted by atomic mass is 10.0. The molecule has 11 heteroatoms. The first-order valence-electron chi connectivity index (χ1n) is 18.2. The Bertz CT molecular complexity index is 2500. The number of thioether (sulfide) groups is 1. The third-order valence-corrected chi connectivity index (χ3v) is 11.8. The van der Waals surface area contributed by atoms with Gasteiger partial charge in [0.05, 0.1) is 12.1 Å². The maximum Gasteiger partial charge on any atom is 0.272 e. The van der Waals surface area contributed by atoms with Crippen LogP contribution >= 0.6 is 23.1 Å². The van der Waals surface area contributed by atoms with Crippen LogP contribution < -0.4 is 16.0 Å². The number of benzene rings is 5. The van der Waals surface area contributed by atoms with Crippen LogP contribution in [0.25, 0.3) is 17.2 Å². The average Bonchev–Trinajstić information content (AvgIpc) is 3.59. The molecule has 6 aromatic rings. The van der Waals surface area contributed by atoms with Crippen LogP contribution in [0, 0.1) is 11.3 Å². The quantitative estimate of drug-likeness (QED) is 0.0887. The fourth-order valence-electron chi connectivity index (χ4n) is 6.45. The van der Waals surface area contributed by atoms with Gasteiger partial charge in [-0.2, -0.15) is 5.26 Å². The molecule has 57 heavy (non-hydrogen) atoms. The zero-order chi connectivity index (χ0) is 39.7. The monoisotopic (exact) mass is 787 g/mol. The minimum absolute atomic E-state index is 0.0323. The number of anilines is 2. The third kappa shape index (κ3) is 9.39. The van der Waals surface area contributed by atoms with Gasteiger partial charge in [-0.05, 0) is 70.6 Å². The first-order chi connectivity index (χ1) is 27.7. The van der Waals surface area contributed by atoms with E-state index in [0.29, 0.717) is 46.2 Å². The highest BCUT2D eigenvalue weighted by molar-refractivity contribution is 8.00. The highest BCUT2D eigenvalue weighted by Gasteiger charge is 2.29. The molecule has 4 amide bonds. The molecule has 1 aliphatic rings. The van der Waals surface area contributed by atoms with E-state index in [4.69, 9.17) is 0 Å². The predicted octanol–water partition coefficient (Wildman–Crippen LogP) is 9.07. The normalized spacial score (nSPS) is 12.8. The molecule has 0 spiro atoms. The molecule has 3 N–H and O–H groups in total. The van der Waals surface area contributed by atoms with E-state index in [0.717, 1.165) is 32.7 Å². The molecule has 1 unspecified atom stereocenters. The summed E-state index contributed by atoms with van der Waals surface area (Å²) in [6, 6.07) is 45.1. The van der Waals surface area contributed by atoms with Crippen molar-refractivity contribution in [2.24, 2.45) is 0 Å². The smallest absolute Gasteiger partial charge is 0.272 e. The second-order valence-electron chi connectivity index (χ2n) is 13.3. The summed E-state index contributed by atoms with van der Waals surface area (Å²) >= 11 is 2.63. The van der Waals surface area contributed by atoms with Gasteiger partial charge in [-0.25, -0.2) is 0 Å². The summed E-state index contributed by atoms with van der Waals surface area (Å²) in [6.45, 7) is 2.46. The summed E-state index contributed by atoms with van der Waals surface area (Å²) in [7, 11) is 0. The molecule has 282 valence electrons. The Kier molecular flexibility index (Phi) is 12.0. The summed E-state index contributed by atoms with van der Waals surface area (Å²) in [6.07, 6.45) is 2.18. The van der Waals surface area contributed by atoms with Gasteiger partial charge >= 0.3 is 0 Å². The zero-order valence-electron chi connectivity index (χ0n) is 30.9. The van der Waals surface area contributed by atoms with Crippen LogP contribution in [0.15, 0.2) is 150 Å². The molecule has 0 aliphatic carbocycles. The van der Waals surface area contributed by atoms with Crippen molar-refractivity contribution in [1.29, 1.82) is 5.26 Å². The van der Waals surface area contributed by atoms with Crippen LogP contribution in [-0.4, -0.2) is 35.1 Å².